The zero-order chi connectivity index (χ0) is 16.8. The van der Waals surface area contributed by atoms with Gasteiger partial charge in [0, 0.05) is 15.7 Å². The summed E-state index contributed by atoms with van der Waals surface area (Å²) < 4.78 is 2.22. The van der Waals surface area contributed by atoms with Gasteiger partial charge < -0.3 is 4.31 Å². The van der Waals surface area contributed by atoms with E-state index in [2.05, 4.69) is 38.7 Å². The van der Waals surface area contributed by atoms with Crippen molar-refractivity contribution in [2.75, 3.05) is 4.31 Å². The molecule has 2 aromatic carbocycles. The quantitative estimate of drug-likeness (QED) is 0.403. The molecule has 0 aliphatic rings. The lowest BCUT2D eigenvalue weighted by atomic mass is 10.2. The third-order valence-electron chi connectivity index (χ3n) is 3.30. The minimum atomic E-state index is 0.738. The molecule has 3 rings (SSSR count). The Morgan fingerprint density at radius 1 is 1.00 bits per heavy atom. The average molecular weight is 392 g/mol. The first-order chi connectivity index (χ1) is 11.7. The van der Waals surface area contributed by atoms with Crippen molar-refractivity contribution in [3.05, 3.63) is 91.9 Å². The Labute approximate surface area is 160 Å². The van der Waals surface area contributed by atoms with Gasteiger partial charge in [-0.15, -0.1) is 0 Å². The lowest BCUT2D eigenvalue weighted by Gasteiger charge is -2.21. The molecule has 0 fully saturated rings. The molecule has 0 bridgehead atoms. The molecule has 0 atom stereocenters. The maximum absolute atomic E-state index is 6.15. The summed E-state index contributed by atoms with van der Waals surface area (Å²) in [6.45, 7) is 0.814. The van der Waals surface area contributed by atoms with Crippen molar-refractivity contribution in [2.45, 2.75) is 6.54 Å². The zero-order valence-electron chi connectivity index (χ0n) is 12.7. The van der Waals surface area contributed by atoms with Gasteiger partial charge in [-0.3, -0.25) is 0 Å². The third-order valence-corrected chi connectivity index (χ3v) is 5.35. The molecule has 0 aliphatic heterocycles. The second-order valence-electron chi connectivity index (χ2n) is 5.11. The summed E-state index contributed by atoms with van der Waals surface area (Å²) in [5, 5.41) is 7.81. The fourth-order valence-electron chi connectivity index (χ4n) is 2.16. The van der Waals surface area contributed by atoms with E-state index in [0.717, 1.165) is 27.8 Å². The molecule has 1 heterocycles. The van der Waals surface area contributed by atoms with Crippen LogP contribution in [-0.2, 0) is 6.54 Å². The highest BCUT2D eigenvalue weighted by Gasteiger charge is 2.08. The minimum Gasteiger partial charge on any atom is -0.308 e. The van der Waals surface area contributed by atoms with Crippen molar-refractivity contribution in [3.63, 3.8) is 0 Å². The van der Waals surface area contributed by atoms with E-state index < -0.39 is 0 Å². The van der Waals surface area contributed by atoms with Crippen molar-refractivity contribution in [1.29, 1.82) is 0 Å². The number of nitrogens with zero attached hydrogens (tertiary/aromatic N) is 1. The van der Waals surface area contributed by atoms with Gasteiger partial charge in [0.1, 0.15) is 0 Å². The van der Waals surface area contributed by atoms with Crippen LogP contribution < -0.4 is 4.31 Å². The maximum atomic E-state index is 6.15. The normalized spacial score (nSPS) is 11.1. The van der Waals surface area contributed by atoms with Crippen LogP contribution in [0.4, 0.5) is 5.69 Å². The van der Waals surface area contributed by atoms with Crippen molar-refractivity contribution >= 4 is 58.2 Å². The summed E-state index contributed by atoms with van der Waals surface area (Å²) in [6.07, 6.45) is 2.06. The first kappa shape index (κ1) is 17.4. The molecule has 0 aliphatic carbocycles. The predicted octanol–water partition coefficient (Wildman–Crippen LogP) is 7.38. The summed E-state index contributed by atoms with van der Waals surface area (Å²) in [4.78, 5) is 0. The molecule has 0 saturated heterocycles. The molecule has 24 heavy (non-hydrogen) atoms. The van der Waals surface area contributed by atoms with E-state index in [0.29, 0.717) is 0 Å². The van der Waals surface area contributed by atoms with Gasteiger partial charge in [0.25, 0.3) is 0 Å². The van der Waals surface area contributed by atoms with Crippen LogP contribution in [0.5, 0.6) is 0 Å². The molecule has 122 valence electrons. The minimum absolute atomic E-state index is 0.738. The molecule has 0 radical (unpaired) electrons. The molecular weight excluding hydrogens is 377 g/mol. The Hall–Kier alpha value is -1.39. The predicted molar refractivity (Wildman–Crippen MR) is 110 cm³/mol. The Balaban J connectivity index is 1.76. The standard InChI is InChI=1S/C19H15Cl2NS2/c20-17-4-1-3-15(11-17)8-10-24-22(13-16-7-9-23-14-16)19-6-2-5-18(21)12-19/h1-12,14H,13H2/b10-8+. The number of anilines is 1. The van der Waals surface area contributed by atoms with Crippen LogP contribution in [0, 0.1) is 0 Å². The lowest BCUT2D eigenvalue weighted by molar-refractivity contribution is 1.07. The Kier molecular flexibility index (Phi) is 6.27. The zero-order valence-corrected chi connectivity index (χ0v) is 15.9. The van der Waals surface area contributed by atoms with Gasteiger partial charge in [0.05, 0.1) is 6.54 Å². The first-order valence-electron chi connectivity index (χ1n) is 7.34. The van der Waals surface area contributed by atoms with E-state index in [-0.39, 0.29) is 0 Å². The smallest absolute Gasteiger partial charge is 0.0557 e. The molecule has 5 heteroatoms. The van der Waals surface area contributed by atoms with Gasteiger partial charge in [-0.05, 0) is 81.7 Å². The maximum Gasteiger partial charge on any atom is 0.0557 e. The van der Waals surface area contributed by atoms with E-state index in [1.807, 2.05) is 42.5 Å². The Morgan fingerprint density at radius 3 is 2.50 bits per heavy atom. The average Bonchev–Trinajstić information content (AvgIpc) is 3.07. The molecule has 0 saturated carbocycles. The number of thiophene rings is 1. The highest BCUT2D eigenvalue weighted by atomic mass is 35.5. The molecule has 0 amide bonds. The van der Waals surface area contributed by atoms with Gasteiger partial charge in [-0.25, -0.2) is 0 Å². The molecule has 0 spiro atoms. The van der Waals surface area contributed by atoms with Crippen LogP contribution in [0.2, 0.25) is 10.0 Å². The molecule has 0 N–H and O–H groups in total. The lowest BCUT2D eigenvalue weighted by Crippen LogP contribution is -2.12. The van der Waals surface area contributed by atoms with E-state index >= 15 is 0 Å². The monoisotopic (exact) mass is 391 g/mol. The SMILES string of the molecule is Clc1cccc(/C=C/SN(Cc2ccsc2)c2cccc(Cl)c2)c1. The summed E-state index contributed by atoms with van der Waals surface area (Å²) in [7, 11) is 0. The van der Waals surface area contributed by atoms with Crippen molar-refractivity contribution in [3.8, 4) is 0 Å². The fourth-order valence-corrected chi connectivity index (χ4v) is 4.03. The van der Waals surface area contributed by atoms with Gasteiger partial charge in [-0.2, -0.15) is 11.3 Å². The van der Waals surface area contributed by atoms with E-state index in [9.17, 15) is 0 Å². The third kappa shape index (κ3) is 5.05. The number of halogens is 2. The molecule has 1 aromatic heterocycles. The summed E-state index contributed by atoms with van der Waals surface area (Å²) >= 11 is 15.5. The van der Waals surface area contributed by atoms with Gasteiger partial charge in [0.2, 0.25) is 0 Å². The van der Waals surface area contributed by atoms with Gasteiger partial charge in [-0.1, -0.05) is 41.4 Å². The fraction of sp³-hybridized carbons (Fsp3) is 0.0526. The number of hydrogen-bond acceptors (Lipinski definition) is 3. The van der Waals surface area contributed by atoms with Crippen molar-refractivity contribution in [2.24, 2.45) is 0 Å². The van der Waals surface area contributed by atoms with Crippen LogP contribution in [0.15, 0.2) is 70.8 Å². The second kappa shape index (κ2) is 8.63. The van der Waals surface area contributed by atoms with Crippen LogP contribution in [-0.4, -0.2) is 0 Å². The second-order valence-corrected chi connectivity index (χ2v) is 7.69. The molecular formula is C19H15Cl2NS2. The van der Waals surface area contributed by atoms with Gasteiger partial charge in [0.15, 0.2) is 0 Å². The molecule has 0 unspecified atom stereocenters. The largest absolute Gasteiger partial charge is 0.308 e. The van der Waals surface area contributed by atoms with Crippen molar-refractivity contribution in [1.82, 2.24) is 0 Å². The van der Waals surface area contributed by atoms with E-state index in [1.165, 1.54) is 5.56 Å². The highest BCUT2D eigenvalue weighted by molar-refractivity contribution is 8.03. The summed E-state index contributed by atoms with van der Waals surface area (Å²) in [5.41, 5.74) is 3.44. The summed E-state index contributed by atoms with van der Waals surface area (Å²) in [5.74, 6) is 0. The van der Waals surface area contributed by atoms with Crippen LogP contribution in [0.3, 0.4) is 0 Å². The number of hydrogen-bond donors (Lipinski definition) is 0. The number of rotatable bonds is 6. The highest BCUT2D eigenvalue weighted by Crippen LogP contribution is 2.29. The Bertz CT molecular complexity index is 816. The first-order valence-corrected chi connectivity index (χ1v) is 9.87. The van der Waals surface area contributed by atoms with E-state index in [4.69, 9.17) is 23.2 Å². The topological polar surface area (TPSA) is 3.24 Å². The summed E-state index contributed by atoms with van der Waals surface area (Å²) in [6, 6.07) is 17.9. The Morgan fingerprint density at radius 2 is 1.79 bits per heavy atom. The van der Waals surface area contributed by atoms with Crippen molar-refractivity contribution < 1.29 is 0 Å². The molecule has 1 nitrogen and oxygen atoms in total. The molecule has 3 aromatic rings. The van der Waals surface area contributed by atoms with Crippen LogP contribution in [0.25, 0.3) is 6.08 Å². The van der Waals surface area contributed by atoms with Crippen LogP contribution >= 0.6 is 46.5 Å². The van der Waals surface area contributed by atoms with Crippen LogP contribution in [0.1, 0.15) is 11.1 Å². The van der Waals surface area contributed by atoms with Gasteiger partial charge >= 0.3 is 0 Å². The van der Waals surface area contributed by atoms with E-state index in [1.54, 1.807) is 23.3 Å². The number of benzene rings is 2.